The van der Waals surface area contributed by atoms with Crippen molar-refractivity contribution in [1.82, 2.24) is 0 Å². The minimum absolute atomic E-state index is 0.442. The van der Waals surface area contributed by atoms with E-state index in [9.17, 15) is 9.90 Å². The zero-order valence-electron chi connectivity index (χ0n) is 16.9. The van der Waals surface area contributed by atoms with E-state index in [1.165, 1.54) is 70.6 Å². The quantitative estimate of drug-likeness (QED) is 0.259. The molecule has 0 aliphatic heterocycles. The summed E-state index contributed by atoms with van der Waals surface area (Å²) in [4.78, 5) is 12.0. The van der Waals surface area contributed by atoms with Gasteiger partial charge in [-0.25, -0.2) is 0 Å². The van der Waals surface area contributed by atoms with Crippen LogP contribution in [-0.2, 0) is 4.79 Å². The van der Waals surface area contributed by atoms with Crippen LogP contribution in [0.25, 0.3) is 0 Å². The summed E-state index contributed by atoms with van der Waals surface area (Å²) in [5, 5.41) is 9.87. The van der Waals surface area contributed by atoms with Crippen molar-refractivity contribution in [3.63, 3.8) is 0 Å². The summed E-state index contributed by atoms with van der Waals surface area (Å²) >= 11 is 0. The molecule has 0 saturated heterocycles. The monoisotopic (exact) mass is 340 g/mol. The highest BCUT2D eigenvalue weighted by atomic mass is 16.4. The van der Waals surface area contributed by atoms with Crippen LogP contribution in [0.3, 0.4) is 0 Å². The molecular formula is C22H44O2. The average Bonchev–Trinajstić information content (AvgIpc) is 2.56. The summed E-state index contributed by atoms with van der Waals surface area (Å²) in [6, 6.07) is 0. The van der Waals surface area contributed by atoms with E-state index in [0.717, 1.165) is 38.5 Å². The fourth-order valence-electron chi connectivity index (χ4n) is 3.84. The number of carboxylic acids is 1. The van der Waals surface area contributed by atoms with E-state index >= 15 is 0 Å². The van der Waals surface area contributed by atoms with Gasteiger partial charge in [0.25, 0.3) is 0 Å². The van der Waals surface area contributed by atoms with Gasteiger partial charge < -0.3 is 5.11 Å². The molecule has 2 nitrogen and oxygen atoms in total. The fourth-order valence-corrected chi connectivity index (χ4v) is 3.84. The number of hydrogen-bond donors (Lipinski definition) is 1. The van der Waals surface area contributed by atoms with E-state index in [1.807, 2.05) is 0 Å². The van der Waals surface area contributed by atoms with Gasteiger partial charge in [-0.2, -0.15) is 0 Å². The second-order valence-electron chi connectivity index (χ2n) is 7.72. The minimum atomic E-state index is -0.538. The summed E-state index contributed by atoms with van der Waals surface area (Å²) in [7, 11) is 0. The van der Waals surface area contributed by atoms with Gasteiger partial charge in [-0.15, -0.1) is 0 Å². The highest BCUT2D eigenvalue weighted by Crippen LogP contribution is 2.37. The van der Waals surface area contributed by atoms with Crippen LogP contribution in [0, 0.1) is 5.41 Å². The Kier molecular flexibility index (Phi) is 15.6. The van der Waals surface area contributed by atoms with Crippen molar-refractivity contribution in [2.75, 3.05) is 0 Å². The number of carbonyl (C=O) groups is 1. The van der Waals surface area contributed by atoms with Crippen LogP contribution in [0.1, 0.15) is 130 Å². The summed E-state index contributed by atoms with van der Waals surface area (Å²) < 4.78 is 0. The molecule has 0 saturated carbocycles. The lowest BCUT2D eigenvalue weighted by Crippen LogP contribution is -2.31. The van der Waals surface area contributed by atoms with Crippen molar-refractivity contribution in [3.8, 4) is 0 Å². The molecule has 0 rings (SSSR count). The van der Waals surface area contributed by atoms with Gasteiger partial charge in [-0.1, -0.05) is 111 Å². The summed E-state index contributed by atoms with van der Waals surface area (Å²) in [6.07, 6.45) is 19.9. The third-order valence-electron chi connectivity index (χ3n) is 5.45. The highest BCUT2D eigenvalue weighted by Gasteiger charge is 2.36. The molecule has 0 amide bonds. The van der Waals surface area contributed by atoms with Crippen LogP contribution >= 0.6 is 0 Å². The molecule has 0 heterocycles. The molecule has 24 heavy (non-hydrogen) atoms. The lowest BCUT2D eigenvalue weighted by Gasteiger charge is -2.29. The summed E-state index contributed by atoms with van der Waals surface area (Å²) in [5.41, 5.74) is -0.442. The second kappa shape index (κ2) is 16.0. The SMILES string of the molecule is CCCCCCCCCC(CCC)(CCCCCCCC)C(=O)O. The molecule has 144 valence electrons. The normalized spacial score (nSPS) is 13.8. The van der Waals surface area contributed by atoms with Crippen LogP contribution in [0.2, 0.25) is 0 Å². The Morgan fingerprint density at radius 2 is 0.958 bits per heavy atom. The van der Waals surface area contributed by atoms with Crippen LogP contribution in [0.15, 0.2) is 0 Å². The van der Waals surface area contributed by atoms with Crippen molar-refractivity contribution in [2.24, 2.45) is 5.41 Å². The van der Waals surface area contributed by atoms with Crippen LogP contribution in [-0.4, -0.2) is 11.1 Å². The van der Waals surface area contributed by atoms with Gasteiger partial charge in [0.2, 0.25) is 0 Å². The van der Waals surface area contributed by atoms with E-state index in [1.54, 1.807) is 0 Å². The first-order valence-electron chi connectivity index (χ1n) is 10.9. The molecular weight excluding hydrogens is 296 g/mol. The van der Waals surface area contributed by atoms with Crippen LogP contribution in [0.5, 0.6) is 0 Å². The second-order valence-corrected chi connectivity index (χ2v) is 7.72. The van der Waals surface area contributed by atoms with E-state index < -0.39 is 11.4 Å². The van der Waals surface area contributed by atoms with Gasteiger partial charge in [0.1, 0.15) is 0 Å². The number of aliphatic carboxylic acids is 1. The number of unbranched alkanes of at least 4 members (excludes halogenated alkanes) is 11. The van der Waals surface area contributed by atoms with Crippen molar-refractivity contribution in [2.45, 2.75) is 130 Å². The third kappa shape index (κ3) is 11.1. The molecule has 0 aromatic heterocycles. The van der Waals surface area contributed by atoms with Gasteiger partial charge in [0.15, 0.2) is 0 Å². The Labute approximate surface area is 151 Å². The Hall–Kier alpha value is -0.530. The zero-order valence-corrected chi connectivity index (χ0v) is 16.9. The molecule has 0 aliphatic rings. The standard InChI is InChI=1S/C22H44O2/c1-4-7-9-11-13-15-17-20-22(18-6-3,21(23)24)19-16-14-12-10-8-5-2/h4-20H2,1-3H3,(H,23,24). The molecule has 0 aliphatic carbocycles. The van der Waals surface area contributed by atoms with Crippen molar-refractivity contribution < 1.29 is 9.90 Å². The van der Waals surface area contributed by atoms with Crippen LogP contribution < -0.4 is 0 Å². The molecule has 0 radical (unpaired) electrons. The van der Waals surface area contributed by atoms with Gasteiger partial charge in [0.05, 0.1) is 5.41 Å². The van der Waals surface area contributed by atoms with E-state index in [0.29, 0.717) is 0 Å². The molecule has 0 fully saturated rings. The first-order chi connectivity index (χ1) is 11.6. The largest absolute Gasteiger partial charge is 0.481 e. The molecule has 0 spiro atoms. The summed E-state index contributed by atoms with van der Waals surface area (Å²) in [5.74, 6) is -0.538. The van der Waals surface area contributed by atoms with Crippen molar-refractivity contribution >= 4 is 5.97 Å². The van der Waals surface area contributed by atoms with Crippen molar-refractivity contribution in [1.29, 1.82) is 0 Å². The minimum Gasteiger partial charge on any atom is -0.481 e. The number of hydrogen-bond acceptors (Lipinski definition) is 1. The van der Waals surface area contributed by atoms with E-state index in [-0.39, 0.29) is 0 Å². The Morgan fingerprint density at radius 1 is 0.583 bits per heavy atom. The maximum Gasteiger partial charge on any atom is 0.309 e. The number of carboxylic acid groups (broad SMARTS) is 1. The van der Waals surface area contributed by atoms with Crippen LogP contribution in [0.4, 0.5) is 0 Å². The van der Waals surface area contributed by atoms with E-state index in [4.69, 9.17) is 0 Å². The molecule has 0 bridgehead atoms. The maximum absolute atomic E-state index is 12.0. The molecule has 2 heteroatoms. The summed E-state index contributed by atoms with van der Waals surface area (Å²) in [6.45, 7) is 6.61. The fraction of sp³-hybridized carbons (Fsp3) is 0.955. The van der Waals surface area contributed by atoms with Gasteiger partial charge in [-0.3, -0.25) is 4.79 Å². The molecule has 0 aromatic rings. The lowest BCUT2D eigenvalue weighted by atomic mass is 9.74. The Bertz CT molecular complexity index is 288. The lowest BCUT2D eigenvalue weighted by molar-refractivity contribution is -0.150. The first kappa shape index (κ1) is 23.5. The van der Waals surface area contributed by atoms with E-state index in [2.05, 4.69) is 20.8 Å². The predicted octanol–water partition coefficient (Wildman–Crippen LogP) is 7.75. The van der Waals surface area contributed by atoms with Crippen molar-refractivity contribution in [3.05, 3.63) is 0 Å². The van der Waals surface area contributed by atoms with Gasteiger partial charge in [-0.05, 0) is 19.3 Å². The zero-order chi connectivity index (χ0) is 18.1. The first-order valence-corrected chi connectivity index (χ1v) is 10.9. The topological polar surface area (TPSA) is 37.3 Å². The molecule has 1 atom stereocenters. The highest BCUT2D eigenvalue weighted by molar-refractivity contribution is 5.74. The Balaban J connectivity index is 4.16. The van der Waals surface area contributed by atoms with Gasteiger partial charge >= 0.3 is 5.97 Å². The third-order valence-corrected chi connectivity index (χ3v) is 5.45. The number of rotatable bonds is 18. The molecule has 1 N–H and O–H groups in total. The van der Waals surface area contributed by atoms with Gasteiger partial charge in [0, 0.05) is 0 Å². The smallest absolute Gasteiger partial charge is 0.309 e. The molecule has 0 aromatic carbocycles. The predicted molar refractivity (Wildman–Crippen MR) is 106 cm³/mol. The Morgan fingerprint density at radius 3 is 1.29 bits per heavy atom. The average molecular weight is 341 g/mol. The molecule has 1 unspecified atom stereocenters. The maximum atomic E-state index is 12.0.